The van der Waals surface area contributed by atoms with Crippen molar-refractivity contribution < 1.29 is 31.5 Å². The number of carbonyl (C=O) groups is 2. The number of sulfonamides is 1. The minimum absolute atomic E-state index is 0.215. The highest BCUT2D eigenvalue weighted by molar-refractivity contribution is 7.93. The molecule has 2 N–H and O–H groups in total. The maximum atomic E-state index is 13.5. The molecule has 2 saturated heterocycles. The van der Waals surface area contributed by atoms with E-state index in [4.69, 9.17) is 0 Å². The third-order valence-electron chi connectivity index (χ3n) is 7.54. The number of nitrogens with one attached hydrogen (secondary N) is 2. The van der Waals surface area contributed by atoms with Crippen LogP contribution in [0.5, 0.6) is 0 Å². The molecular weight excluding hydrogens is 532 g/mol. The highest BCUT2D eigenvalue weighted by Gasteiger charge is 2.45. The van der Waals surface area contributed by atoms with E-state index in [9.17, 15) is 26.8 Å². The van der Waals surface area contributed by atoms with Crippen LogP contribution in [0.15, 0.2) is 30.3 Å². The summed E-state index contributed by atoms with van der Waals surface area (Å²) >= 11 is 0. The summed E-state index contributed by atoms with van der Waals surface area (Å²) < 4.78 is 58.5. The molecule has 13 heteroatoms. The Hall–Kier alpha value is -3.48. The molecule has 3 aliphatic rings. The van der Waals surface area contributed by atoms with Gasteiger partial charge in [0.25, 0.3) is 11.8 Å². The number of alkyl halides is 2. The zero-order chi connectivity index (χ0) is 28.0. The van der Waals surface area contributed by atoms with Crippen LogP contribution in [0.2, 0.25) is 0 Å². The first-order valence-electron chi connectivity index (χ1n) is 12.8. The molecule has 0 radical (unpaired) electrons. The summed E-state index contributed by atoms with van der Waals surface area (Å²) in [6.45, 7) is 2.37. The summed E-state index contributed by atoms with van der Waals surface area (Å²) in [5.74, 6) is -4.35. The third-order valence-corrected chi connectivity index (χ3v) is 8.70. The number of aromatic nitrogens is 1. The Morgan fingerprint density at radius 1 is 1.05 bits per heavy atom. The fraction of sp³-hybridized carbons (Fsp3) is 0.500. The molecule has 2 aromatic rings. The van der Waals surface area contributed by atoms with E-state index >= 15 is 0 Å². The lowest BCUT2D eigenvalue weighted by molar-refractivity contribution is -0.137. The molecule has 1 saturated carbocycles. The van der Waals surface area contributed by atoms with E-state index in [1.807, 2.05) is 0 Å². The molecule has 10 nitrogen and oxygen atoms in total. The van der Waals surface area contributed by atoms with Gasteiger partial charge < -0.3 is 19.9 Å². The predicted molar refractivity (Wildman–Crippen MR) is 143 cm³/mol. The normalized spacial score (nSPS) is 19.3. The summed E-state index contributed by atoms with van der Waals surface area (Å²) in [4.78, 5) is 32.9. The number of hydrogen-bond donors (Lipinski definition) is 2. The average Bonchev–Trinajstić information content (AvgIpc) is 3.60. The summed E-state index contributed by atoms with van der Waals surface area (Å²) in [5, 5.41) is 2.78. The highest BCUT2D eigenvalue weighted by Crippen LogP contribution is 2.54. The largest absolute Gasteiger partial charge is 0.468 e. The van der Waals surface area contributed by atoms with E-state index in [1.165, 1.54) is 29.9 Å². The fourth-order valence-corrected chi connectivity index (χ4v) is 6.10. The average molecular weight is 564 g/mol. The van der Waals surface area contributed by atoms with Crippen LogP contribution in [0.25, 0.3) is 0 Å². The SMILES string of the molecule is COC(=O)CS(=O)(=O)Nc1ccc(C(=O)Nc2cc(C)cc(N3CC(F)(F)C3)n2)c(N2CCC3(CC2)CC3)c1. The second kappa shape index (κ2) is 9.92. The molecule has 1 aromatic carbocycles. The van der Waals surface area contributed by atoms with E-state index in [2.05, 4.69) is 24.7 Å². The van der Waals surface area contributed by atoms with Crippen molar-refractivity contribution in [2.24, 2.45) is 5.41 Å². The number of methoxy groups -OCH3 is 1. The standard InChI is InChI=1S/C26H31F2N5O5S/c1-17-11-21(29-22(12-17)33-15-26(27,28)16-33)30-24(35)19-4-3-18(31-39(36,37)14-23(34)38-2)13-20(19)32-9-7-25(5-6-25)8-10-32/h3-4,11-13,31H,5-10,14-16H2,1-2H3,(H,29,30,35). The fourth-order valence-electron chi connectivity index (χ4n) is 5.11. The number of carbonyl (C=O) groups excluding carboxylic acids is 2. The third kappa shape index (κ3) is 6.23. The summed E-state index contributed by atoms with van der Waals surface area (Å²) in [6, 6.07) is 7.91. The maximum Gasteiger partial charge on any atom is 0.322 e. The zero-order valence-electron chi connectivity index (χ0n) is 21.8. The van der Waals surface area contributed by atoms with Crippen molar-refractivity contribution >= 4 is 44.9 Å². The van der Waals surface area contributed by atoms with E-state index < -0.39 is 46.7 Å². The maximum absolute atomic E-state index is 13.5. The minimum Gasteiger partial charge on any atom is -0.468 e. The van der Waals surface area contributed by atoms with Gasteiger partial charge in [0.2, 0.25) is 10.0 Å². The Labute approximate surface area is 225 Å². The lowest BCUT2D eigenvalue weighted by Gasteiger charge is -2.39. The number of aryl methyl sites for hydroxylation is 1. The van der Waals surface area contributed by atoms with Gasteiger partial charge in [0.05, 0.1) is 37.1 Å². The number of esters is 1. The molecule has 1 amide bonds. The van der Waals surface area contributed by atoms with Crippen molar-refractivity contribution in [3.63, 3.8) is 0 Å². The molecule has 3 heterocycles. The number of nitrogens with zero attached hydrogens (tertiary/aromatic N) is 3. The van der Waals surface area contributed by atoms with Crippen molar-refractivity contribution in [3.05, 3.63) is 41.5 Å². The van der Waals surface area contributed by atoms with Gasteiger partial charge in [-0.1, -0.05) is 0 Å². The number of piperidine rings is 1. The first-order valence-corrected chi connectivity index (χ1v) is 14.4. The Morgan fingerprint density at radius 2 is 1.74 bits per heavy atom. The first kappa shape index (κ1) is 27.1. The van der Waals surface area contributed by atoms with Crippen LogP contribution in [0.1, 0.15) is 41.6 Å². The van der Waals surface area contributed by atoms with E-state index in [1.54, 1.807) is 25.1 Å². The van der Waals surface area contributed by atoms with Gasteiger partial charge in [-0.05, 0) is 73.9 Å². The summed E-state index contributed by atoms with van der Waals surface area (Å²) in [5.41, 5.74) is 2.22. The van der Waals surface area contributed by atoms with Crippen molar-refractivity contribution in [2.45, 2.75) is 38.5 Å². The van der Waals surface area contributed by atoms with Crippen molar-refractivity contribution in [1.29, 1.82) is 0 Å². The Morgan fingerprint density at radius 3 is 2.36 bits per heavy atom. The van der Waals surface area contributed by atoms with Gasteiger partial charge in [0.15, 0.2) is 5.75 Å². The number of ether oxygens (including phenoxy) is 1. The van der Waals surface area contributed by atoms with Gasteiger partial charge in [-0.3, -0.25) is 14.3 Å². The van der Waals surface area contributed by atoms with Crippen LogP contribution in [0.4, 0.5) is 31.8 Å². The van der Waals surface area contributed by atoms with Gasteiger partial charge in [-0.15, -0.1) is 0 Å². The van der Waals surface area contributed by atoms with Crippen LogP contribution in [-0.2, 0) is 19.6 Å². The molecular formula is C26H31F2N5O5S. The van der Waals surface area contributed by atoms with Crippen LogP contribution in [0.3, 0.4) is 0 Å². The van der Waals surface area contributed by atoms with Gasteiger partial charge in [-0.25, -0.2) is 22.2 Å². The molecule has 1 aromatic heterocycles. The highest BCUT2D eigenvalue weighted by atomic mass is 32.2. The number of rotatable bonds is 8. The number of benzene rings is 1. The van der Waals surface area contributed by atoms with Crippen molar-refractivity contribution in [1.82, 2.24) is 4.98 Å². The monoisotopic (exact) mass is 563 g/mol. The molecule has 2 aliphatic heterocycles. The van der Waals surface area contributed by atoms with Gasteiger partial charge in [0, 0.05) is 13.1 Å². The molecule has 1 spiro atoms. The second-order valence-corrected chi connectivity index (χ2v) is 12.4. The molecule has 5 rings (SSSR count). The van der Waals surface area contributed by atoms with Crippen molar-refractivity contribution in [3.8, 4) is 0 Å². The number of pyridine rings is 1. The first-order chi connectivity index (χ1) is 18.4. The van der Waals surface area contributed by atoms with Gasteiger partial charge in [0.1, 0.15) is 11.6 Å². The minimum atomic E-state index is -4.02. The number of halogens is 2. The van der Waals surface area contributed by atoms with E-state index in [0.717, 1.165) is 25.5 Å². The van der Waals surface area contributed by atoms with E-state index in [0.29, 0.717) is 35.6 Å². The summed E-state index contributed by atoms with van der Waals surface area (Å²) in [6.07, 6.45) is 4.36. The zero-order valence-corrected chi connectivity index (χ0v) is 22.6. The van der Waals surface area contributed by atoms with Crippen LogP contribution >= 0.6 is 0 Å². The van der Waals surface area contributed by atoms with E-state index in [-0.39, 0.29) is 11.5 Å². The quantitative estimate of drug-likeness (QED) is 0.469. The second-order valence-electron chi connectivity index (χ2n) is 10.7. The van der Waals surface area contributed by atoms with Crippen LogP contribution < -0.4 is 19.8 Å². The lowest BCUT2D eigenvalue weighted by Crippen LogP contribution is -2.56. The number of amides is 1. The number of anilines is 4. The smallest absolute Gasteiger partial charge is 0.322 e. The summed E-state index contributed by atoms with van der Waals surface area (Å²) in [7, 11) is -2.91. The topological polar surface area (TPSA) is 121 Å². The van der Waals surface area contributed by atoms with Crippen LogP contribution in [0, 0.1) is 12.3 Å². The molecule has 3 fully saturated rings. The molecule has 0 bridgehead atoms. The molecule has 39 heavy (non-hydrogen) atoms. The Bertz CT molecular complexity index is 1400. The molecule has 0 unspecified atom stereocenters. The predicted octanol–water partition coefficient (Wildman–Crippen LogP) is 3.39. The molecule has 1 aliphatic carbocycles. The van der Waals surface area contributed by atoms with Gasteiger partial charge in [-0.2, -0.15) is 0 Å². The Kier molecular flexibility index (Phi) is 6.90. The number of hydrogen-bond acceptors (Lipinski definition) is 8. The van der Waals surface area contributed by atoms with Gasteiger partial charge >= 0.3 is 5.97 Å². The lowest BCUT2D eigenvalue weighted by atomic mass is 9.93. The molecule has 210 valence electrons. The van der Waals surface area contributed by atoms with Crippen LogP contribution in [-0.4, -0.2) is 70.2 Å². The van der Waals surface area contributed by atoms with Crippen molar-refractivity contribution in [2.75, 3.05) is 58.9 Å². The molecule has 0 atom stereocenters. The Balaban J connectivity index is 1.39.